The lowest BCUT2D eigenvalue weighted by Gasteiger charge is -2.38. The molecular weight excluding hydrogens is 428 g/mol. The van der Waals surface area contributed by atoms with Gasteiger partial charge in [-0.05, 0) is 34.1 Å². The fourth-order valence-electron chi connectivity index (χ4n) is 4.51. The van der Waals surface area contributed by atoms with Crippen LogP contribution >= 0.6 is 11.6 Å². The highest BCUT2D eigenvalue weighted by Crippen LogP contribution is 2.41. The van der Waals surface area contributed by atoms with Crippen LogP contribution in [0, 0.1) is 11.5 Å². The molecule has 0 radical (unpaired) electrons. The number of hydrogen-bond acceptors (Lipinski definition) is 4. The van der Waals surface area contributed by atoms with Crippen molar-refractivity contribution >= 4 is 30.4 Å². The van der Waals surface area contributed by atoms with Crippen molar-refractivity contribution in [3.05, 3.63) is 34.9 Å². The van der Waals surface area contributed by atoms with Gasteiger partial charge in [-0.1, -0.05) is 65.1 Å². The maximum Gasteiger partial charge on any atom is 0.189 e. The largest absolute Gasteiger partial charge is 0.507 e. The van der Waals surface area contributed by atoms with Gasteiger partial charge in [-0.3, -0.25) is 0 Å². The molecule has 2 aromatic carbocycles. The highest BCUT2D eigenvalue weighted by molar-refractivity contribution is 6.90. The Balaban J connectivity index is 2.48. The lowest BCUT2D eigenvalue weighted by atomic mass is 10.0. The number of aromatic hydroxyl groups is 1. The van der Waals surface area contributed by atoms with Gasteiger partial charge in [0.1, 0.15) is 19.6 Å². The number of phenolic OH excluding ortho intramolecular Hbond substituents is 1. The van der Waals surface area contributed by atoms with Crippen LogP contribution < -0.4 is 4.74 Å². The van der Waals surface area contributed by atoms with E-state index in [0.29, 0.717) is 51.6 Å². The van der Waals surface area contributed by atoms with Crippen LogP contribution in [0.5, 0.6) is 11.5 Å². The molecule has 0 heterocycles. The first-order chi connectivity index (χ1) is 14.6. The van der Waals surface area contributed by atoms with Crippen LogP contribution in [0.25, 0.3) is 10.8 Å². The summed E-state index contributed by atoms with van der Waals surface area (Å²) in [7, 11) is -0.312. The summed E-state index contributed by atoms with van der Waals surface area (Å²) in [4.78, 5) is 0. The molecule has 1 N–H and O–H groups in total. The molecule has 0 aromatic heterocycles. The van der Waals surface area contributed by atoms with Gasteiger partial charge in [0, 0.05) is 18.6 Å². The number of phenols is 1. The Morgan fingerprint density at radius 1 is 1.00 bits per heavy atom. The Bertz CT molecular complexity index is 922. The molecule has 0 aliphatic rings. The van der Waals surface area contributed by atoms with Gasteiger partial charge in [0.05, 0.1) is 23.8 Å². The highest BCUT2D eigenvalue weighted by atomic mass is 35.5. The zero-order valence-electron chi connectivity index (χ0n) is 19.7. The summed E-state index contributed by atoms with van der Waals surface area (Å²) < 4.78 is 15.9. The molecule has 2 rings (SSSR count). The molecule has 0 saturated heterocycles. The Labute approximate surface area is 192 Å². The molecule has 0 spiro atoms. The molecule has 31 heavy (non-hydrogen) atoms. The van der Waals surface area contributed by atoms with Crippen molar-refractivity contribution in [2.24, 2.45) is 0 Å². The first kappa shape index (κ1) is 25.5. The van der Waals surface area contributed by atoms with E-state index in [4.69, 9.17) is 25.8 Å². The van der Waals surface area contributed by atoms with E-state index in [1.807, 2.05) is 18.2 Å². The van der Waals surface area contributed by atoms with E-state index < -0.39 is 8.07 Å². The number of methoxy groups -OCH3 is 1. The van der Waals surface area contributed by atoms with Crippen molar-refractivity contribution in [1.82, 2.24) is 0 Å². The van der Waals surface area contributed by atoms with Gasteiger partial charge >= 0.3 is 0 Å². The standard InChI is InChI=1S/C25H35ClO4Si/c1-17(2)31(18(3)4,19(5)6)13-10-22-23(26)9-8-20-14-21(15-24(27)25(20)22)30-16-29-12-11-28-7/h8-9,14-15,17-19,27H,11-12,16H2,1-7H3. The fourth-order valence-corrected chi connectivity index (χ4v) is 9.92. The highest BCUT2D eigenvalue weighted by Gasteiger charge is 2.41. The van der Waals surface area contributed by atoms with E-state index in [0.717, 1.165) is 5.39 Å². The van der Waals surface area contributed by atoms with Gasteiger partial charge in [0.2, 0.25) is 0 Å². The van der Waals surface area contributed by atoms with Crippen LogP contribution in [0.3, 0.4) is 0 Å². The second kappa shape index (κ2) is 11.2. The summed E-state index contributed by atoms with van der Waals surface area (Å²) in [6.45, 7) is 14.7. The predicted octanol–water partition coefficient (Wildman–Crippen LogP) is 6.77. The van der Waals surface area contributed by atoms with Crippen molar-refractivity contribution in [2.45, 2.75) is 58.2 Å². The third kappa shape index (κ3) is 5.75. The minimum Gasteiger partial charge on any atom is -0.507 e. The van der Waals surface area contributed by atoms with Crippen LogP contribution in [0.4, 0.5) is 0 Å². The normalized spacial score (nSPS) is 12.0. The quantitative estimate of drug-likeness (QED) is 0.193. The molecule has 0 unspecified atom stereocenters. The number of rotatable bonds is 9. The number of ether oxygens (including phenoxy) is 3. The van der Waals surface area contributed by atoms with Crippen LogP contribution in [0.1, 0.15) is 47.1 Å². The summed E-state index contributed by atoms with van der Waals surface area (Å²) >= 11 is 6.55. The van der Waals surface area contributed by atoms with Gasteiger partial charge < -0.3 is 19.3 Å². The molecule has 0 saturated carbocycles. The smallest absolute Gasteiger partial charge is 0.189 e. The lowest BCUT2D eigenvalue weighted by Crippen LogP contribution is -2.43. The summed E-state index contributed by atoms with van der Waals surface area (Å²) in [5.74, 6) is 4.03. The number of hydrogen-bond donors (Lipinski definition) is 1. The van der Waals surface area contributed by atoms with E-state index >= 15 is 0 Å². The zero-order valence-corrected chi connectivity index (χ0v) is 21.5. The maximum atomic E-state index is 10.8. The van der Waals surface area contributed by atoms with E-state index in [1.54, 1.807) is 13.2 Å². The number of benzene rings is 2. The molecule has 0 fully saturated rings. The first-order valence-electron chi connectivity index (χ1n) is 10.8. The second-order valence-corrected chi connectivity index (χ2v) is 14.8. The molecule has 170 valence electrons. The average Bonchev–Trinajstić information content (AvgIpc) is 2.69. The number of halogens is 1. The molecule has 0 aliphatic carbocycles. The zero-order chi connectivity index (χ0) is 23.2. The third-order valence-electron chi connectivity index (χ3n) is 6.03. The van der Waals surface area contributed by atoms with Crippen molar-refractivity contribution in [2.75, 3.05) is 27.1 Å². The first-order valence-corrected chi connectivity index (χ1v) is 13.4. The van der Waals surface area contributed by atoms with E-state index in [9.17, 15) is 5.11 Å². The molecule has 4 nitrogen and oxygen atoms in total. The molecule has 0 amide bonds. The van der Waals surface area contributed by atoms with Crippen LogP contribution in [-0.2, 0) is 9.47 Å². The van der Waals surface area contributed by atoms with E-state index in [2.05, 4.69) is 53.0 Å². The van der Waals surface area contributed by atoms with Crippen molar-refractivity contribution < 1.29 is 19.3 Å². The van der Waals surface area contributed by atoms with Gasteiger partial charge in [-0.25, -0.2) is 0 Å². The summed E-state index contributed by atoms with van der Waals surface area (Å²) in [5, 5.41) is 12.8. The summed E-state index contributed by atoms with van der Waals surface area (Å²) in [5.41, 5.74) is 5.93. The Kier molecular flexibility index (Phi) is 9.26. The van der Waals surface area contributed by atoms with Crippen LogP contribution in [0.2, 0.25) is 21.6 Å². The Morgan fingerprint density at radius 2 is 1.65 bits per heavy atom. The Hall–Kier alpha value is -1.71. The lowest BCUT2D eigenvalue weighted by molar-refractivity contribution is -0.00846. The van der Waals surface area contributed by atoms with Crippen molar-refractivity contribution in [3.8, 4) is 23.0 Å². The topological polar surface area (TPSA) is 47.9 Å². The molecule has 0 aliphatic heterocycles. The minimum atomic E-state index is -1.93. The molecule has 6 heteroatoms. The molecule has 0 bridgehead atoms. The maximum absolute atomic E-state index is 10.8. The average molecular weight is 463 g/mol. The van der Waals surface area contributed by atoms with Gasteiger partial charge in [0.15, 0.2) is 6.79 Å². The molecular formula is C25H35ClO4Si. The molecule has 2 aromatic rings. The van der Waals surface area contributed by atoms with E-state index in [-0.39, 0.29) is 12.5 Å². The minimum absolute atomic E-state index is 0.0832. The second-order valence-electron chi connectivity index (χ2n) is 8.77. The number of fused-ring (bicyclic) bond motifs is 1. The SMILES string of the molecule is COCCOCOc1cc(O)c2c(C#C[Si](C(C)C)(C(C)C)C(C)C)c(Cl)ccc2c1. The van der Waals surface area contributed by atoms with Gasteiger partial charge in [-0.15, -0.1) is 5.54 Å². The molecule has 0 atom stereocenters. The summed E-state index contributed by atoms with van der Waals surface area (Å²) in [6, 6.07) is 7.16. The fraction of sp³-hybridized carbons (Fsp3) is 0.520. The van der Waals surface area contributed by atoms with Crippen molar-refractivity contribution in [3.63, 3.8) is 0 Å². The van der Waals surface area contributed by atoms with Gasteiger partial charge in [-0.2, -0.15) is 0 Å². The van der Waals surface area contributed by atoms with Crippen LogP contribution in [-0.4, -0.2) is 40.3 Å². The summed E-state index contributed by atoms with van der Waals surface area (Å²) in [6.07, 6.45) is 0. The van der Waals surface area contributed by atoms with Gasteiger partial charge in [0.25, 0.3) is 0 Å². The monoisotopic (exact) mass is 462 g/mol. The third-order valence-corrected chi connectivity index (χ3v) is 12.6. The van der Waals surface area contributed by atoms with Crippen molar-refractivity contribution in [1.29, 1.82) is 0 Å². The van der Waals surface area contributed by atoms with Crippen LogP contribution in [0.15, 0.2) is 24.3 Å². The Morgan fingerprint density at radius 3 is 2.23 bits per heavy atom. The predicted molar refractivity (Wildman–Crippen MR) is 132 cm³/mol. The van der Waals surface area contributed by atoms with E-state index in [1.165, 1.54) is 0 Å².